The maximum absolute atomic E-state index is 5.41. The van der Waals surface area contributed by atoms with E-state index < -0.39 is 0 Å². The second-order valence-electron chi connectivity index (χ2n) is 5.82. The SMILES string of the molecule is CCNC(=NCc1cccc(CN2CCOCC2)c1)NCCOC.I. The highest BCUT2D eigenvalue weighted by molar-refractivity contribution is 14.0. The summed E-state index contributed by atoms with van der Waals surface area (Å²) < 4.78 is 10.5. The summed E-state index contributed by atoms with van der Waals surface area (Å²) in [6.45, 7) is 9.66. The monoisotopic (exact) mass is 462 g/mol. The van der Waals surface area contributed by atoms with E-state index in [-0.39, 0.29) is 24.0 Å². The van der Waals surface area contributed by atoms with Crippen LogP contribution < -0.4 is 10.6 Å². The van der Waals surface area contributed by atoms with E-state index >= 15 is 0 Å². The lowest BCUT2D eigenvalue weighted by atomic mass is 10.1. The minimum absolute atomic E-state index is 0. The van der Waals surface area contributed by atoms with Crippen molar-refractivity contribution in [3.63, 3.8) is 0 Å². The van der Waals surface area contributed by atoms with Crippen molar-refractivity contribution < 1.29 is 9.47 Å². The first-order valence-corrected chi connectivity index (χ1v) is 8.71. The summed E-state index contributed by atoms with van der Waals surface area (Å²) >= 11 is 0. The van der Waals surface area contributed by atoms with Gasteiger partial charge < -0.3 is 20.1 Å². The number of benzene rings is 1. The molecule has 0 bridgehead atoms. The molecule has 0 atom stereocenters. The van der Waals surface area contributed by atoms with Crippen LogP contribution in [-0.2, 0) is 22.6 Å². The third-order valence-corrected chi connectivity index (χ3v) is 3.86. The van der Waals surface area contributed by atoms with Crippen molar-refractivity contribution >= 4 is 29.9 Å². The smallest absolute Gasteiger partial charge is 0.191 e. The van der Waals surface area contributed by atoms with Gasteiger partial charge in [0.25, 0.3) is 0 Å². The van der Waals surface area contributed by atoms with Gasteiger partial charge >= 0.3 is 0 Å². The first-order valence-electron chi connectivity index (χ1n) is 8.71. The Kier molecular flexibility index (Phi) is 11.8. The molecule has 25 heavy (non-hydrogen) atoms. The second-order valence-corrected chi connectivity index (χ2v) is 5.82. The number of guanidine groups is 1. The lowest BCUT2D eigenvalue weighted by Crippen LogP contribution is -2.38. The maximum atomic E-state index is 5.41. The average Bonchev–Trinajstić information content (AvgIpc) is 2.61. The van der Waals surface area contributed by atoms with Crippen LogP contribution in [0.25, 0.3) is 0 Å². The van der Waals surface area contributed by atoms with Crippen LogP contribution in [0.4, 0.5) is 0 Å². The van der Waals surface area contributed by atoms with Crippen molar-refractivity contribution in [3.05, 3.63) is 35.4 Å². The second kappa shape index (κ2) is 13.3. The number of halogens is 1. The zero-order chi connectivity index (χ0) is 17.0. The quantitative estimate of drug-likeness (QED) is 0.267. The summed E-state index contributed by atoms with van der Waals surface area (Å²) in [7, 11) is 1.70. The van der Waals surface area contributed by atoms with Crippen LogP contribution in [0.2, 0.25) is 0 Å². The predicted molar refractivity (Wildman–Crippen MR) is 113 cm³/mol. The third kappa shape index (κ3) is 8.84. The number of hydrogen-bond donors (Lipinski definition) is 2. The molecule has 0 amide bonds. The molecule has 0 unspecified atom stereocenters. The minimum Gasteiger partial charge on any atom is -0.383 e. The van der Waals surface area contributed by atoms with Gasteiger partial charge in [-0.1, -0.05) is 24.3 Å². The molecular weight excluding hydrogens is 431 g/mol. The number of ether oxygens (including phenoxy) is 2. The first kappa shape index (κ1) is 22.1. The Hall–Kier alpha value is -0.900. The topological polar surface area (TPSA) is 58.1 Å². The molecular formula is C18H31IN4O2. The van der Waals surface area contributed by atoms with E-state index in [1.54, 1.807) is 7.11 Å². The zero-order valence-corrected chi connectivity index (χ0v) is 17.6. The highest BCUT2D eigenvalue weighted by atomic mass is 127. The van der Waals surface area contributed by atoms with Crippen LogP contribution in [0, 0.1) is 0 Å². The van der Waals surface area contributed by atoms with Gasteiger partial charge in [0.2, 0.25) is 0 Å². The van der Waals surface area contributed by atoms with Gasteiger partial charge in [-0.25, -0.2) is 4.99 Å². The van der Waals surface area contributed by atoms with Gasteiger partial charge in [-0.3, -0.25) is 4.90 Å². The molecule has 142 valence electrons. The van der Waals surface area contributed by atoms with E-state index in [0.717, 1.165) is 51.9 Å². The Balaban J connectivity index is 0.00000312. The number of methoxy groups -OCH3 is 1. The number of aliphatic imine (C=N–C) groups is 1. The first-order chi connectivity index (χ1) is 11.8. The molecule has 1 saturated heterocycles. The summed E-state index contributed by atoms with van der Waals surface area (Å²) in [5.74, 6) is 0.827. The minimum atomic E-state index is 0. The standard InChI is InChI=1S/C18H30N4O2.HI/c1-3-19-18(20-7-10-23-2)21-14-16-5-4-6-17(13-16)15-22-8-11-24-12-9-22;/h4-6,13H,3,7-12,14-15H2,1-2H3,(H2,19,20,21);1H. The van der Waals surface area contributed by atoms with Gasteiger partial charge in [-0.05, 0) is 18.1 Å². The van der Waals surface area contributed by atoms with E-state index in [1.807, 2.05) is 0 Å². The van der Waals surface area contributed by atoms with Crippen LogP contribution in [-0.4, -0.2) is 64.0 Å². The molecule has 0 spiro atoms. The predicted octanol–water partition coefficient (Wildman–Crippen LogP) is 1.84. The molecule has 1 fully saturated rings. The summed E-state index contributed by atoms with van der Waals surface area (Å²) in [6, 6.07) is 8.68. The Morgan fingerprint density at radius 2 is 2.00 bits per heavy atom. The highest BCUT2D eigenvalue weighted by Gasteiger charge is 2.10. The molecule has 1 aliphatic heterocycles. The van der Waals surface area contributed by atoms with Crippen LogP contribution in [0.15, 0.2) is 29.3 Å². The van der Waals surface area contributed by atoms with Gasteiger partial charge in [0.05, 0.1) is 26.4 Å². The molecule has 1 aliphatic rings. The van der Waals surface area contributed by atoms with Crippen LogP contribution in [0.3, 0.4) is 0 Å². The van der Waals surface area contributed by atoms with E-state index in [1.165, 1.54) is 11.1 Å². The van der Waals surface area contributed by atoms with E-state index in [9.17, 15) is 0 Å². The number of hydrogen-bond acceptors (Lipinski definition) is 4. The largest absolute Gasteiger partial charge is 0.383 e. The Bertz CT molecular complexity index is 508. The Morgan fingerprint density at radius 1 is 1.24 bits per heavy atom. The number of morpholine rings is 1. The average molecular weight is 462 g/mol. The van der Waals surface area contributed by atoms with Crippen molar-refractivity contribution in [2.45, 2.75) is 20.0 Å². The van der Waals surface area contributed by atoms with E-state index in [4.69, 9.17) is 9.47 Å². The van der Waals surface area contributed by atoms with E-state index in [2.05, 4.69) is 51.7 Å². The lowest BCUT2D eigenvalue weighted by molar-refractivity contribution is 0.0342. The molecule has 2 rings (SSSR count). The summed E-state index contributed by atoms with van der Waals surface area (Å²) in [4.78, 5) is 7.08. The van der Waals surface area contributed by atoms with Gasteiger partial charge in [0, 0.05) is 39.8 Å². The van der Waals surface area contributed by atoms with Crippen molar-refractivity contribution in [2.24, 2.45) is 4.99 Å². The molecule has 0 aromatic heterocycles. The molecule has 1 heterocycles. The highest BCUT2D eigenvalue weighted by Crippen LogP contribution is 2.10. The summed E-state index contributed by atoms with van der Waals surface area (Å²) in [5, 5.41) is 6.52. The molecule has 1 aromatic rings. The number of nitrogens with one attached hydrogen (secondary N) is 2. The van der Waals surface area contributed by atoms with Gasteiger partial charge in [0.15, 0.2) is 5.96 Å². The van der Waals surface area contributed by atoms with Gasteiger partial charge in [-0.15, -0.1) is 24.0 Å². The van der Waals surface area contributed by atoms with E-state index in [0.29, 0.717) is 13.2 Å². The van der Waals surface area contributed by atoms with Crippen molar-refractivity contribution in [1.82, 2.24) is 15.5 Å². The van der Waals surface area contributed by atoms with Crippen molar-refractivity contribution in [3.8, 4) is 0 Å². The Labute approximate surface area is 168 Å². The van der Waals surface area contributed by atoms with Crippen molar-refractivity contribution in [2.75, 3.05) is 53.1 Å². The number of rotatable bonds is 8. The molecule has 7 heteroatoms. The fourth-order valence-electron chi connectivity index (χ4n) is 2.63. The molecule has 1 aromatic carbocycles. The molecule has 0 aliphatic carbocycles. The fraction of sp³-hybridized carbons (Fsp3) is 0.611. The maximum Gasteiger partial charge on any atom is 0.191 e. The number of nitrogens with zero attached hydrogens (tertiary/aromatic N) is 2. The van der Waals surface area contributed by atoms with Gasteiger partial charge in [0.1, 0.15) is 0 Å². The molecule has 0 radical (unpaired) electrons. The van der Waals surface area contributed by atoms with Gasteiger partial charge in [-0.2, -0.15) is 0 Å². The molecule has 2 N–H and O–H groups in total. The lowest BCUT2D eigenvalue weighted by Gasteiger charge is -2.26. The van der Waals surface area contributed by atoms with Crippen LogP contribution in [0.1, 0.15) is 18.1 Å². The normalized spacial score (nSPS) is 15.5. The third-order valence-electron chi connectivity index (χ3n) is 3.86. The zero-order valence-electron chi connectivity index (χ0n) is 15.3. The van der Waals surface area contributed by atoms with Crippen LogP contribution in [0.5, 0.6) is 0 Å². The Morgan fingerprint density at radius 3 is 2.72 bits per heavy atom. The van der Waals surface area contributed by atoms with Crippen molar-refractivity contribution in [1.29, 1.82) is 0 Å². The molecule has 6 nitrogen and oxygen atoms in total. The van der Waals surface area contributed by atoms with Crippen LogP contribution >= 0.6 is 24.0 Å². The fourth-order valence-corrected chi connectivity index (χ4v) is 2.63. The molecule has 0 saturated carbocycles. The summed E-state index contributed by atoms with van der Waals surface area (Å²) in [5.41, 5.74) is 2.56. The summed E-state index contributed by atoms with van der Waals surface area (Å²) in [6.07, 6.45) is 0.